The molecule has 0 bridgehead atoms. The molecule has 0 fully saturated rings. The van der Waals surface area contributed by atoms with Crippen LogP contribution in [0.15, 0.2) is 48.5 Å². The van der Waals surface area contributed by atoms with Crippen LogP contribution in [-0.2, 0) is 27.4 Å². The van der Waals surface area contributed by atoms with Crippen LogP contribution in [-0.4, -0.2) is 42.5 Å². The van der Waals surface area contributed by atoms with Crippen LogP contribution in [0.4, 0.5) is 0 Å². The van der Waals surface area contributed by atoms with Crippen molar-refractivity contribution in [2.75, 3.05) is 26.9 Å². The Morgan fingerprint density at radius 3 is 2.57 bits per heavy atom. The highest BCUT2D eigenvalue weighted by Gasteiger charge is 2.15. The molecule has 6 heteroatoms. The molecule has 0 saturated heterocycles. The zero-order valence-corrected chi connectivity index (χ0v) is 16.4. The van der Waals surface area contributed by atoms with Gasteiger partial charge < -0.3 is 18.8 Å². The number of carbonyl (C=O) groups excluding carboxylic acids is 1. The lowest BCUT2D eigenvalue weighted by Gasteiger charge is -2.09. The average Bonchev–Trinajstić information content (AvgIpc) is 3.05. The summed E-state index contributed by atoms with van der Waals surface area (Å²) in [4.78, 5) is 16.5. The fourth-order valence-corrected chi connectivity index (χ4v) is 3.11. The van der Waals surface area contributed by atoms with Crippen molar-refractivity contribution in [2.45, 2.75) is 26.5 Å². The molecule has 0 atom stereocenters. The van der Waals surface area contributed by atoms with Gasteiger partial charge >= 0.3 is 5.97 Å². The SMILES string of the molecule is COC(=O)c1cccc2c1nc(C)n2CCOCCCOCc1ccccc1. The standard InChI is InChI=1S/C22H26N2O4/c1-17-23-21-19(22(25)26-2)10-6-11-20(21)24(17)12-15-27-13-7-14-28-16-18-8-4-3-5-9-18/h3-6,8-11H,7,12-16H2,1-2H3. The second-order valence-electron chi connectivity index (χ2n) is 6.48. The van der Waals surface area contributed by atoms with E-state index in [9.17, 15) is 4.79 Å². The molecule has 28 heavy (non-hydrogen) atoms. The molecule has 0 aliphatic carbocycles. The summed E-state index contributed by atoms with van der Waals surface area (Å²) in [5.74, 6) is 0.475. The van der Waals surface area contributed by atoms with E-state index in [0.717, 1.165) is 17.8 Å². The molecule has 0 unspecified atom stereocenters. The Hall–Kier alpha value is -2.70. The molecule has 0 spiro atoms. The van der Waals surface area contributed by atoms with E-state index in [0.29, 0.717) is 44.1 Å². The van der Waals surface area contributed by atoms with Gasteiger partial charge in [-0.15, -0.1) is 0 Å². The van der Waals surface area contributed by atoms with Crippen LogP contribution in [0.2, 0.25) is 0 Å². The second-order valence-corrected chi connectivity index (χ2v) is 6.48. The highest BCUT2D eigenvalue weighted by molar-refractivity contribution is 6.02. The molecule has 0 amide bonds. The van der Waals surface area contributed by atoms with Crippen molar-refractivity contribution < 1.29 is 19.0 Å². The number of para-hydroxylation sites is 1. The number of hydrogen-bond acceptors (Lipinski definition) is 5. The van der Waals surface area contributed by atoms with Gasteiger partial charge in [-0.1, -0.05) is 36.4 Å². The minimum atomic E-state index is -0.373. The number of hydrogen-bond donors (Lipinski definition) is 0. The molecule has 6 nitrogen and oxygen atoms in total. The number of imidazole rings is 1. The van der Waals surface area contributed by atoms with Crippen molar-refractivity contribution in [3.8, 4) is 0 Å². The van der Waals surface area contributed by atoms with Gasteiger partial charge in [0.2, 0.25) is 0 Å². The van der Waals surface area contributed by atoms with Crippen LogP contribution in [0.1, 0.15) is 28.2 Å². The van der Waals surface area contributed by atoms with Gasteiger partial charge in [0.1, 0.15) is 11.3 Å². The van der Waals surface area contributed by atoms with Gasteiger partial charge in [0, 0.05) is 19.8 Å². The molecule has 2 aromatic carbocycles. The Morgan fingerprint density at radius 1 is 1.00 bits per heavy atom. The highest BCUT2D eigenvalue weighted by Crippen LogP contribution is 2.20. The minimum Gasteiger partial charge on any atom is -0.465 e. The van der Waals surface area contributed by atoms with Crippen LogP contribution in [0.3, 0.4) is 0 Å². The first-order valence-corrected chi connectivity index (χ1v) is 9.44. The van der Waals surface area contributed by atoms with Crippen molar-refractivity contribution in [3.63, 3.8) is 0 Å². The predicted octanol–water partition coefficient (Wildman–Crippen LogP) is 3.75. The summed E-state index contributed by atoms with van der Waals surface area (Å²) in [5, 5.41) is 0. The monoisotopic (exact) mass is 382 g/mol. The molecule has 148 valence electrons. The average molecular weight is 382 g/mol. The number of fused-ring (bicyclic) bond motifs is 1. The van der Waals surface area contributed by atoms with E-state index >= 15 is 0 Å². The van der Waals surface area contributed by atoms with Crippen molar-refractivity contribution in [1.29, 1.82) is 0 Å². The van der Waals surface area contributed by atoms with Gasteiger partial charge in [0.15, 0.2) is 0 Å². The largest absolute Gasteiger partial charge is 0.465 e. The van der Waals surface area contributed by atoms with Gasteiger partial charge in [-0.05, 0) is 31.0 Å². The Balaban J connectivity index is 1.43. The fraction of sp³-hybridized carbons (Fsp3) is 0.364. The van der Waals surface area contributed by atoms with E-state index in [4.69, 9.17) is 14.2 Å². The van der Waals surface area contributed by atoms with Gasteiger partial charge in [0.25, 0.3) is 0 Å². The maximum Gasteiger partial charge on any atom is 0.340 e. The van der Waals surface area contributed by atoms with Crippen molar-refractivity contribution in [1.82, 2.24) is 9.55 Å². The summed E-state index contributed by atoms with van der Waals surface area (Å²) in [6.07, 6.45) is 0.850. The number of ether oxygens (including phenoxy) is 3. The minimum absolute atomic E-state index is 0.373. The molecule has 1 aromatic heterocycles. The highest BCUT2D eigenvalue weighted by atomic mass is 16.5. The first kappa shape index (κ1) is 20.0. The third-order valence-corrected chi connectivity index (χ3v) is 4.52. The summed E-state index contributed by atoms with van der Waals surface area (Å²) < 4.78 is 18.3. The predicted molar refractivity (Wildman–Crippen MR) is 107 cm³/mol. The Kier molecular flexibility index (Phi) is 7.17. The van der Waals surface area contributed by atoms with Gasteiger partial charge in [0.05, 0.1) is 31.4 Å². The summed E-state index contributed by atoms with van der Waals surface area (Å²) in [7, 11) is 1.38. The summed E-state index contributed by atoms with van der Waals surface area (Å²) in [6.45, 7) is 5.13. The Morgan fingerprint density at radius 2 is 1.79 bits per heavy atom. The molecule has 0 N–H and O–H groups in total. The number of benzene rings is 2. The van der Waals surface area contributed by atoms with Gasteiger partial charge in [-0.25, -0.2) is 9.78 Å². The molecule has 3 aromatic rings. The number of nitrogens with zero attached hydrogens (tertiary/aromatic N) is 2. The first-order chi connectivity index (χ1) is 13.7. The molecule has 1 heterocycles. The molecule has 0 radical (unpaired) electrons. The lowest BCUT2D eigenvalue weighted by atomic mass is 10.2. The summed E-state index contributed by atoms with van der Waals surface area (Å²) in [6, 6.07) is 15.7. The number of aryl methyl sites for hydroxylation is 1. The smallest absolute Gasteiger partial charge is 0.340 e. The quantitative estimate of drug-likeness (QED) is 0.395. The van der Waals surface area contributed by atoms with E-state index in [-0.39, 0.29) is 5.97 Å². The molecule has 0 aliphatic rings. The Labute approximate surface area is 165 Å². The zero-order valence-electron chi connectivity index (χ0n) is 16.4. The third-order valence-electron chi connectivity index (χ3n) is 4.52. The van der Waals surface area contributed by atoms with Crippen LogP contribution in [0.5, 0.6) is 0 Å². The van der Waals surface area contributed by atoms with Crippen LogP contribution in [0, 0.1) is 6.92 Å². The number of methoxy groups -OCH3 is 1. The number of aromatic nitrogens is 2. The zero-order chi connectivity index (χ0) is 19.8. The first-order valence-electron chi connectivity index (χ1n) is 9.44. The lowest BCUT2D eigenvalue weighted by Crippen LogP contribution is -2.09. The molecule has 0 aliphatic heterocycles. The van der Waals surface area contributed by atoms with E-state index in [1.165, 1.54) is 12.7 Å². The van der Waals surface area contributed by atoms with Crippen LogP contribution < -0.4 is 0 Å². The third kappa shape index (κ3) is 4.97. The topological polar surface area (TPSA) is 62.6 Å². The van der Waals surface area contributed by atoms with Crippen LogP contribution in [0.25, 0.3) is 11.0 Å². The van der Waals surface area contributed by atoms with E-state index in [1.54, 1.807) is 6.07 Å². The van der Waals surface area contributed by atoms with Gasteiger partial charge in [-0.2, -0.15) is 0 Å². The Bertz CT molecular complexity index is 906. The molecular formula is C22H26N2O4. The lowest BCUT2D eigenvalue weighted by molar-refractivity contribution is 0.0602. The summed E-state index contributed by atoms with van der Waals surface area (Å²) in [5.41, 5.74) is 3.24. The maximum atomic E-state index is 11.9. The van der Waals surface area contributed by atoms with E-state index < -0.39 is 0 Å². The fourth-order valence-electron chi connectivity index (χ4n) is 3.11. The van der Waals surface area contributed by atoms with E-state index in [2.05, 4.69) is 21.7 Å². The summed E-state index contributed by atoms with van der Waals surface area (Å²) >= 11 is 0. The maximum absolute atomic E-state index is 11.9. The van der Waals surface area contributed by atoms with E-state index in [1.807, 2.05) is 37.3 Å². The normalized spacial score (nSPS) is 11.1. The van der Waals surface area contributed by atoms with Crippen molar-refractivity contribution in [3.05, 3.63) is 65.5 Å². The number of carbonyl (C=O) groups is 1. The second kappa shape index (κ2) is 10.0. The van der Waals surface area contributed by atoms with Crippen molar-refractivity contribution in [2.24, 2.45) is 0 Å². The number of esters is 1. The number of rotatable bonds is 10. The van der Waals surface area contributed by atoms with Gasteiger partial charge in [-0.3, -0.25) is 0 Å². The molecule has 3 rings (SSSR count). The molecular weight excluding hydrogens is 356 g/mol. The van der Waals surface area contributed by atoms with Crippen molar-refractivity contribution >= 4 is 17.0 Å². The molecule has 0 saturated carbocycles. The van der Waals surface area contributed by atoms with Crippen LogP contribution >= 0.6 is 0 Å².